The van der Waals surface area contributed by atoms with Crippen molar-refractivity contribution in [2.75, 3.05) is 44.3 Å². The molecule has 9 heteroatoms. The Labute approximate surface area is 169 Å². The van der Waals surface area contributed by atoms with E-state index in [0.717, 1.165) is 6.26 Å². The summed E-state index contributed by atoms with van der Waals surface area (Å²) in [5.41, 5.74) is 0.961. The molecule has 2 aromatic rings. The monoisotopic (exact) mass is 419 g/mol. The Morgan fingerprint density at radius 2 is 1.55 bits per heavy atom. The number of anilines is 1. The van der Waals surface area contributed by atoms with E-state index in [1.807, 2.05) is 4.90 Å². The molecule has 2 amide bonds. The van der Waals surface area contributed by atoms with Crippen molar-refractivity contribution in [3.05, 3.63) is 59.9 Å². The van der Waals surface area contributed by atoms with Gasteiger partial charge in [0.1, 0.15) is 5.82 Å². The minimum Gasteiger partial charge on any atom is -0.336 e. The number of amides is 2. The van der Waals surface area contributed by atoms with Crippen molar-refractivity contribution in [3.63, 3.8) is 0 Å². The van der Waals surface area contributed by atoms with E-state index >= 15 is 0 Å². The average molecular weight is 419 g/mol. The molecule has 2 aromatic carbocycles. The van der Waals surface area contributed by atoms with Gasteiger partial charge in [-0.25, -0.2) is 12.8 Å². The third kappa shape index (κ3) is 5.61. The molecule has 1 heterocycles. The van der Waals surface area contributed by atoms with Crippen molar-refractivity contribution < 1.29 is 22.4 Å². The lowest BCUT2D eigenvalue weighted by Crippen LogP contribution is -2.50. The maximum Gasteiger partial charge on any atom is 0.253 e. The number of hydrogen-bond acceptors (Lipinski definition) is 5. The fraction of sp³-hybridized carbons (Fsp3) is 0.300. The second kappa shape index (κ2) is 8.71. The quantitative estimate of drug-likeness (QED) is 0.796. The smallest absolute Gasteiger partial charge is 0.253 e. The number of halogens is 1. The first-order valence-electron chi connectivity index (χ1n) is 9.09. The first kappa shape index (κ1) is 20.9. The lowest BCUT2D eigenvalue weighted by Gasteiger charge is -2.34. The maximum atomic E-state index is 12.9. The van der Waals surface area contributed by atoms with E-state index in [4.69, 9.17) is 0 Å². The molecule has 1 saturated heterocycles. The summed E-state index contributed by atoms with van der Waals surface area (Å²) in [6.07, 6.45) is 1.12. The summed E-state index contributed by atoms with van der Waals surface area (Å²) in [5, 5.41) is 2.72. The molecule has 1 aliphatic heterocycles. The second-order valence-electron chi connectivity index (χ2n) is 6.92. The normalized spacial score (nSPS) is 15.2. The summed E-state index contributed by atoms with van der Waals surface area (Å²) < 4.78 is 36.0. The third-order valence-electron chi connectivity index (χ3n) is 4.68. The molecule has 0 aromatic heterocycles. The van der Waals surface area contributed by atoms with E-state index in [0.29, 0.717) is 37.4 Å². The van der Waals surface area contributed by atoms with Crippen molar-refractivity contribution in [2.24, 2.45) is 0 Å². The Bertz CT molecular complexity index is 983. The van der Waals surface area contributed by atoms with Crippen LogP contribution in [0.2, 0.25) is 0 Å². The molecule has 1 fully saturated rings. The number of hydrogen-bond donors (Lipinski definition) is 1. The van der Waals surface area contributed by atoms with E-state index < -0.39 is 9.84 Å². The van der Waals surface area contributed by atoms with Gasteiger partial charge in [0.25, 0.3) is 5.91 Å². The van der Waals surface area contributed by atoms with Gasteiger partial charge in [-0.15, -0.1) is 0 Å². The summed E-state index contributed by atoms with van der Waals surface area (Å²) in [6, 6.07) is 11.4. The van der Waals surface area contributed by atoms with Crippen LogP contribution in [0, 0.1) is 5.82 Å². The number of piperazine rings is 1. The third-order valence-corrected chi connectivity index (χ3v) is 5.81. The Balaban J connectivity index is 1.50. The molecular formula is C20H22FN3O4S. The SMILES string of the molecule is CS(=O)(=O)c1ccc(C(=O)N2CCN(CC(=O)Nc3ccc(F)cc3)CC2)cc1. The molecule has 3 rings (SSSR count). The van der Waals surface area contributed by atoms with Crippen molar-refractivity contribution in [1.29, 1.82) is 0 Å². The lowest BCUT2D eigenvalue weighted by atomic mass is 10.2. The van der Waals surface area contributed by atoms with E-state index in [9.17, 15) is 22.4 Å². The van der Waals surface area contributed by atoms with Gasteiger partial charge < -0.3 is 10.2 Å². The van der Waals surface area contributed by atoms with Gasteiger partial charge in [0.05, 0.1) is 11.4 Å². The fourth-order valence-corrected chi connectivity index (χ4v) is 3.70. The number of rotatable bonds is 5. The molecular weight excluding hydrogens is 397 g/mol. The van der Waals surface area contributed by atoms with Crippen LogP contribution in [-0.2, 0) is 14.6 Å². The maximum absolute atomic E-state index is 12.9. The van der Waals surface area contributed by atoms with E-state index in [1.54, 1.807) is 4.90 Å². The molecule has 29 heavy (non-hydrogen) atoms. The van der Waals surface area contributed by atoms with E-state index in [1.165, 1.54) is 48.5 Å². The molecule has 0 bridgehead atoms. The molecule has 0 atom stereocenters. The molecule has 154 valence electrons. The van der Waals surface area contributed by atoms with Crippen LogP contribution in [0.15, 0.2) is 53.4 Å². The summed E-state index contributed by atoms with van der Waals surface area (Å²) in [5.74, 6) is -0.733. The largest absolute Gasteiger partial charge is 0.336 e. The Morgan fingerprint density at radius 3 is 2.10 bits per heavy atom. The zero-order chi connectivity index (χ0) is 21.0. The first-order chi connectivity index (χ1) is 13.7. The Morgan fingerprint density at radius 1 is 0.966 bits per heavy atom. The lowest BCUT2D eigenvalue weighted by molar-refractivity contribution is -0.117. The highest BCUT2D eigenvalue weighted by Gasteiger charge is 2.23. The predicted octanol–water partition coefficient (Wildman–Crippen LogP) is 1.63. The van der Waals surface area contributed by atoms with Crippen LogP contribution in [-0.4, -0.2) is 69.0 Å². The first-order valence-corrected chi connectivity index (χ1v) is 11.0. The number of carbonyl (C=O) groups is 2. The van der Waals surface area contributed by atoms with Crippen molar-refractivity contribution in [1.82, 2.24) is 9.80 Å². The molecule has 0 aliphatic carbocycles. The van der Waals surface area contributed by atoms with Gasteiger partial charge in [0.2, 0.25) is 5.91 Å². The van der Waals surface area contributed by atoms with Crippen LogP contribution in [0.4, 0.5) is 10.1 Å². The fourth-order valence-electron chi connectivity index (χ4n) is 3.07. The molecule has 1 aliphatic rings. The number of nitrogens with zero attached hydrogens (tertiary/aromatic N) is 2. The van der Waals surface area contributed by atoms with Gasteiger partial charge in [-0.05, 0) is 48.5 Å². The van der Waals surface area contributed by atoms with Gasteiger partial charge in [0.15, 0.2) is 9.84 Å². The standard InChI is InChI=1S/C20H22FN3O4S/c1-29(27,28)18-8-2-15(3-9-18)20(26)24-12-10-23(11-13-24)14-19(25)22-17-6-4-16(21)5-7-17/h2-9H,10-14H2,1H3,(H,22,25). The van der Waals surface area contributed by atoms with E-state index in [2.05, 4.69) is 5.32 Å². The van der Waals surface area contributed by atoms with Crippen LogP contribution in [0.5, 0.6) is 0 Å². The minimum atomic E-state index is -3.30. The molecule has 1 N–H and O–H groups in total. The number of nitrogens with one attached hydrogen (secondary N) is 1. The summed E-state index contributed by atoms with van der Waals surface area (Å²) in [7, 11) is -3.30. The van der Waals surface area contributed by atoms with Crippen LogP contribution in [0.25, 0.3) is 0 Å². The molecule has 0 unspecified atom stereocenters. The highest BCUT2D eigenvalue weighted by Crippen LogP contribution is 2.14. The summed E-state index contributed by atoms with van der Waals surface area (Å²) in [6.45, 7) is 2.21. The summed E-state index contributed by atoms with van der Waals surface area (Å²) in [4.78, 5) is 28.5. The molecule has 0 spiro atoms. The number of sulfone groups is 1. The van der Waals surface area contributed by atoms with Gasteiger partial charge >= 0.3 is 0 Å². The van der Waals surface area contributed by atoms with Crippen molar-refractivity contribution in [2.45, 2.75) is 4.90 Å². The van der Waals surface area contributed by atoms with Gasteiger partial charge in [-0.2, -0.15) is 0 Å². The van der Waals surface area contributed by atoms with Crippen LogP contribution < -0.4 is 5.32 Å². The Kier molecular flexibility index (Phi) is 6.29. The number of benzene rings is 2. The summed E-state index contributed by atoms with van der Waals surface area (Å²) >= 11 is 0. The van der Waals surface area contributed by atoms with Gasteiger partial charge in [-0.3, -0.25) is 14.5 Å². The molecule has 0 radical (unpaired) electrons. The average Bonchev–Trinajstić information content (AvgIpc) is 2.69. The van der Waals surface area contributed by atoms with Gasteiger partial charge in [-0.1, -0.05) is 0 Å². The van der Waals surface area contributed by atoms with Crippen LogP contribution in [0.3, 0.4) is 0 Å². The van der Waals surface area contributed by atoms with E-state index in [-0.39, 0.29) is 29.1 Å². The zero-order valence-corrected chi connectivity index (χ0v) is 16.8. The Hall–Kier alpha value is -2.78. The van der Waals surface area contributed by atoms with Crippen molar-refractivity contribution >= 4 is 27.3 Å². The number of carbonyl (C=O) groups excluding carboxylic acids is 2. The van der Waals surface area contributed by atoms with Crippen LogP contribution in [0.1, 0.15) is 10.4 Å². The second-order valence-corrected chi connectivity index (χ2v) is 8.94. The minimum absolute atomic E-state index is 0.166. The molecule has 7 nitrogen and oxygen atoms in total. The van der Waals surface area contributed by atoms with Crippen molar-refractivity contribution in [3.8, 4) is 0 Å². The van der Waals surface area contributed by atoms with Crippen LogP contribution >= 0.6 is 0 Å². The topological polar surface area (TPSA) is 86.8 Å². The highest BCUT2D eigenvalue weighted by molar-refractivity contribution is 7.90. The predicted molar refractivity (Wildman–Crippen MR) is 107 cm³/mol. The highest BCUT2D eigenvalue weighted by atomic mass is 32.2. The molecule has 0 saturated carbocycles. The van der Waals surface area contributed by atoms with Gasteiger partial charge in [0, 0.05) is 43.7 Å². The zero-order valence-electron chi connectivity index (χ0n) is 16.0.